The third-order valence-corrected chi connectivity index (χ3v) is 2.97. The molecule has 2 N–H and O–H groups in total. The van der Waals surface area contributed by atoms with Crippen molar-refractivity contribution in [3.05, 3.63) is 29.3 Å². The fraction of sp³-hybridized carbons (Fsp3) is 0.500. The normalized spacial score (nSPS) is 25.4. The van der Waals surface area contributed by atoms with Gasteiger partial charge in [-0.2, -0.15) is 0 Å². The largest absolute Gasteiger partial charge is 0.391 e. The third-order valence-electron chi connectivity index (χ3n) is 2.97. The molecular formula is C12H17NO. The van der Waals surface area contributed by atoms with Crippen LogP contribution in [0.2, 0.25) is 0 Å². The highest BCUT2D eigenvalue weighted by atomic mass is 16.3. The third kappa shape index (κ3) is 1.62. The number of hydrogen-bond donors (Lipinski definition) is 2. The molecule has 0 saturated carbocycles. The van der Waals surface area contributed by atoms with Crippen molar-refractivity contribution in [3.8, 4) is 0 Å². The highest BCUT2D eigenvalue weighted by Gasteiger charge is 2.22. The van der Waals surface area contributed by atoms with E-state index >= 15 is 0 Å². The predicted molar refractivity (Wildman–Crippen MR) is 58.6 cm³/mol. The number of rotatable bonds is 1. The number of aryl methyl sites for hydroxylation is 1. The van der Waals surface area contributed by atoms with Crippen molar-refractivity contribution in [2.45, 2.75) is 38.8 Å². The molecule has 0 unspecified atom stereocenters. The molecule has 0 aromatic heterocycles. The van der Waals surface area contributed by atoms with Gasteiger partial charge in [0.25, 0.3) is 0 Å². The van der Waals surface area contributed by atoms with E-state index in [2.05, 4.69) is 30.4 Å². The van der Waals surface area contributed by atoms with Crippen LogP contribution >= 0.6 is 0 Å². The molecule has 1 aromatic carbocycles. The van der Waals surface area contributed by atoms with Crippen LogP contribution in [0.25, 0.3) is 0 Å². The monoisotopic (exact) mass is 191 g/mol. The minimum absolute atomic E-state index is 0.162. The highest BCUT2D eigenvalue weighted by Crippen LogP contribution is 2.26. The van der Waals surface area contributed by atoms with Crippen LogP contribution in [0.3, 0.4) is 0 Å². The lowest BCUT2D eigenvalue weighted by molar-refractivity contribution is 0.154. The molecule has 2 heteroatoms. The second kappa shape index (κ2) is 3.62. The minimum Gasteiger partial charge on any atom is -0.391 e. The minimum atomic E-state index is -0.255. The van der Waals surface area contributed by atoms with Crippen LogP contribution in [-0.2, 0) is 12.8 Å². The van der Waals surface area contributed by atoms with E-state index in [1.807, 2.05) is 6.92 Å². The Hall–Kier alpha value is -1.02. The smallest absolute Gasteiger partial charge is 0.0779 e. The average molecular weight is 191 g/mol. The van der Waals surface area contributed by atoms with Gasteiger partial charge in [0.1, 0.15) is 0 Å². The van der Waals surface area contributed by atoms with Gasteiger partial charge in [-0.15, -0.1) is 0 Å². The Kier molecular flexibility index (Phi) is 2.46. The lowest BCUT2D eigenvalue weighted by atomic mass is 9.94. The zero-order chi connectivity index (χ0) is 10.1. The van der Waals surface area contributed by atoms with Crippen LogP contribution in [0.4, 0.5) is 5.69 Å². The molecule has 2 rings (SSSR count). The van der Waals surface area contributed by atoms with Crippen molar-refractivity contribution < 1.29 is 5.11 Å². The van der Waals surface area contributed by atoms with Crippen molar-refractivity contribution in [2.24, 2.45) is 0 Å². The maximum atomic E-state index is 9.73. The summed E-state index contributed by atoms with van der Waals surface area (Å²) >= 11 is 0. The lowest BCUT2D eigenvalue weighted by Crippen LogP contribution is -2.36. The summed E-state index contributed by atoms with van der Waals surface area (Å²) in [6, 6.07) is 6.62. The van der Waals surface area contributed by atoms with E-state index in [1.165, 1.54) is 16.8 Å². The van der Waals surface area contributed by atoms with E-state index in [1.54, 1.807) is 0 Å². The Morgan fingerprint density at radius 1 is 1.50 bits per heavy atom. The first kappa shape index (κ1) is 9.53. The van der Waals surface area contributed by atoms with Crippen LogP contribution < -0.4 is 5.32 Å². The SMILES string of the molecule is CCc1ccc2c(c1)C[C@@H](O)[C@H](C)N2. The summed E-state index contributed by atoms with van der Waals surface area (Å²) in [7, 11) is 0. The molecule has 1 aromatic rings. The van der Waals surface area contributed by atoms with E-state index in [0.29, 0.717) is 0 Å². The van der Waals surface area contributed by atoms with E-state index < -0.39 is 0 Å². The summed E-state index contributed by atoms with van der Waals surface area (Å²) in [6.07, 6.45) is 1.57. The van der Waals surface area contributed by atoms with Gasteiger partial charge in [-0.1, -0.05) is 19.1 Å². The molecule has 0 fully saturated rings. The maximum absolute atomic E-state index is 9.73. The first-order valence-corrected chi connectivity index (χ1v) is 5.27. The van der Waals surface area contributed by atoms with E-state index in [4.69, 9.17) is 0 Å². The zero-order valence-electron chi connectivity index (χ0n) is 8.75. The molecule has 1 heterocycles. The van der Waals surface area contributed by atoms with Crippen LogP contribution in [0.5, 0.6) is 0 Å². The summed E-state index contributed by atoms with van der Waals surface area (Å²) in [5.74, 6) is 0. The number of aliphatic hydroxyl groups excluding tert-OH is 1. The molecule has 0 bridgehead atoms. The Morgan fingerprint density at radius 2 is 2.29 bits per heavy atom. The predicted octanol–water partition coefficient (Wildman–Crippen LogP) is 1.97. The molecule has 0 aliphatic carbocycles. The molecular weight excluding hydrogens is 174 g/mol. The van der Waals surface area contributed by atoms with Gasteiger partial charge in [-0.05, 0) is 30.5 Å². The average Bonchev–Trinajstić information content (AvgIpc) is 2.19. The van der Waals surface area contributed by atoms with Gasteiger partial charge in [0, 0.05) is 18.2 Å². The quantitative estimate of drug-likeness (QED) is 0.711. The van der Waals surface area contributed by atoms with Crippen molar-refractivity contribution in [2.75, 3.05) is 5.32 Å². The molecule has 1 aliphatic heterocycles. The molecule has 76 valence electrons. The standard InChI is InChI=1S/C12H17NO/c1-3-9-4-5-11-10(6-9)7-12(14)8(2)13-11/h4-6,8,12-14H,3,7H2,1-2H3/t8-,12+/m0/s1. The summed E-state index contributed by atoms with van der Waals surface area (Å²) in [5.41, 5.74) is 3.77. The Labute approximate surface area is 85.0 Å². The van der Waals surface area contributed by atoms with Crippen molar-refractivity contribution >= 4 is 5.69 Å². The van der Waals surface area contributed by atoms with Gasteiger partial charge in [0.15, 0.2) is 0 Å². The van der Waals surface area contributed by atoms with Gasteiger partial charge in [-0.25, -0.2) is 0 Å². The van der Waals surface area contributed by atoms with Crippen molar-refractivity contribution in [1.29, 1.82) is 0 Å². The molecule has 0 radical (unpaired) electrons. The summed E-state index contributed by atoms with van der Waals surface area (Å²) in [5, 5.41) is 13.0. The Morgan fingerprint density at radius 3 is 3.00 bits per heavy atom. The fourth-order valence-electron chi connectivity index (χ4n) is 1.92. The molecule has 0 amide bonds. The number of nitrogens with one attached hydrogen (secondary N) is 1. The van der Waals surface area contributed by atoms with Crippen molar-refractivity contribution in [3.63, 3.8) is 0 Å². The number of aliphatic hydroxyl groups is 1. The van der Waals surface area contributed by atoms with Gasteiger partial charge in [-0.3, -0.25) is 0 Å². The Bertz CT molecular complexity index is 335. The van der Waals surface area contributed by atoms with Crippen LogP contribution in [-0.4, -0.2) is 17.3 Å². The van der Waals surface area contributed by atoms with Gasteiger partial charge < -0.3 is 10.4 Å². The van der Waals surface area contributed by atoms with Crippen LogP contribution in [0, 0.1) is 0 Å². The molecule has 2 atom stereocenters. The maximum Gasteiger partial charge on any atom is 0.0779 e. The van der Waals surface area contributed by atoms with E-state index in [-0.39, 0.29) is 12.1 Å². The zero-order valence-corrected chi connectivity index (χ0v) is 8.75. The van der Waals surface area contributed by atoms with Gasteiger partial charge in [0.2, 0.25) is 0 Å². The number of hydrogen-bond acceptors (Lipinski definition) is 2. The summed E-state index contributed by atoms with van der Waals surface area (Å²) < 4.78 is 0. The second-order valence-electron chi connectivity index (χ2n) is 4.05. The Balaban J connectivity index is 2.33. The van der Waals surface area contributed by atoms with Crippen LogP contribution in [0.15, 0.2) is 18.2 Å². The van der Waals surface area contributed by atoms with Gasteiger partial charge >= 0.3 is 0 Å². The number of benzene rings is 1. The first-order valence-electron chi connectivity index (χ1n) is 5.27. The molecule has 2 nitrogen and oxygen atoms in total. The summed E-state index contributed by atoms with van der Waals surface area (Å²) in [6.45, 7) is 4.17. The fourth-order valence-corrected chi connectivity index (χ4v) is 1.92. The molecule has 14 heavy (non-hydrogen) atoms. The molecule has 0 saturated heterocycles. The van der Waals surface area contributed by atoms with Crippen LogP contribution in [0.1, 0.15) is 25.0 Å². The second-order valence-corrected chi connectivity index (χ2v) is 4.05. The van der Waals surface area contributed by atoms with E-state index in [9.17, 15) is 5.11 Å². The highest BCUT2D eigenvalue weighted by molar-refractivity contribution is 5.55. The first-order chi connectivity index (χ1) is 6.70. The van der Waals surface area contributed by atoms with Gasteiger partial charge in [0.05, 0.1) is 6.10 Å². The molecule has 0 spiro atoms. The topological polar surface area (TPSA) is 32.3 Å². The number of anilines is 1. The summed E-state index contributed by atoms with van der Waals surface area (Å²) in [4.78, 5) is 0. The lowest BCUT2D eigenvalue weighted by Gasteiger charge is -2.29. The van der Waals surface area contributed by atoms with Crippen molar-refractivity contribution in [1.82, 2.24) is 0 Å². The van der Waals surface area contributed by atoms with E-state index in [0.717, 1.165) is 12.8 Å². The molecule has 1 aliphatic rings. The number of fused-ring (bicyclic) bond motifs is 1.